The Morgan fingerprint density at radius 1 is 1.25 bits per heavy atom. The molecule has 8 heavy (non-hydrogen) atoms. The largest absolute Gasteiger partial charge is 0.305 e. The molecule has 48 valence electrons. The Morgan fingerprint density at radius 2 is 1.75 bits per heavy atom. The third kappa shape index (κ3) is 2.55. The number of nitrogens with two attached hydrogens (primary N) is 1. The van der Waals surface area contributed by atoms with Crippen LogP contribution in [0.25, 0.3) is 0 Å². The molecule has 0 amide bonds. The fraction of sp³-hybridized carbons (Fsp3) is 1.00. The zero-order valence-electron chi connectivity index (χ0n) is 5.63. The van der Waals surface area contributed by atoms with Crippen LogP contribution in [0.1, 0.15) is 20.8 Å². The summed E-state index contributed by atoms with van der Waals surface area (Å²) in [6, 6.07) is 0.250. The summed E-state index contributed by atoms with van der Waals surface area (Å²) < 4.78 is 0. The maximum atomic E-state index is 4.83. The third-order valence-corrected chi connectivity index (χ3v) is 1.21. The van der Waals surface area contributed by atoms with Gasteiger partial charge in [0.15, 0.2) is 0 Å². The maximum Gasteiger partial charge on any atom is 0.0724 e. The summed E-state index contributed by atoms with van der Waals surface area (Å²) in [4.78, 5) is 0. The summed E-state index contributed by atoms with van der Waals surface area (Å²) >= 11 is 0. The van der Waals surface area contributed by atoms with Gasteiger partial charge in [0.2, 0.25) is 0 Å². The van der Waals surface area contributed by atoms with Crippen LogP contribution in [-0.2, 0) is 0 Å². The van der Waals surface area contributed by atoms with E-state index in [0.717, 1.165) is 0 Å². The predicted octanol–water partition coefficient (Wildman–Crippen LogP) is 1.36. The molecule has 2 N–H and O–H groups in total. The van der Waals surface area contributed by atoms with E-state index in [0.29, 0.717) is 5.92 Å². The van der Waals surface area contributed by atoms with Crippen LogP contribution >= 0.6 is 0 Å². The van der Waals surface area contributed by atoms with Crippen LogP contribution in [-0.4, -0.2) is 6.04 Å². The Labute approximate surface area is 50.0 Å². The second kappa shape index (κ2) is 3.41. The van der Waals surface area contributed by atoms with Gasteiger partial charge in [0, 0.05) is 0 Å². The molecular formula is C5H13N3. The first-order chi connectivity index (χ1) is 3.68. The highest BCUT2D eigenvalue weighted by molar-refractivity contribution is 4.59. The quantitative estimate of drug-likeness (QED) is 0.329. The molecular weight excluding hydrogens is 102 g/mol. The first-order valence-electron chi connectivity index (χ1n) is 2.78. The van der Waals surface area contributed by atoms with E-state index >= 15 is 0 Å². The van der Waals surface area contributed by atoms with Crippen LogP contribution in [0.15, 0.2) is 10.3 Å². The van der Waals surface area contributed by atoms with E-state index in [9.17, 15) is 0 Å². The van der Waals surface area contributed by atoms with Gasteiger partial charge < -0.3 is 5.84 Å². The van der Waals surface area contributed by atoms with Crippen molar-refractivity contribution in [2.75, 3.05) is 0 Å². The van der Waals surface area contributed by atoms with Crippen molar-refractivity contribution in [3.05, 3.63) is 0 Å². The molecule has 0 bridgehead atoms. The lowest BCUT2D eigenvalue weighted by Crippen LogP contribution is -2.06. The zero-order chi connectivity index (χ0) is 6.57. The van der Waals surface area contributed by atoms with Crippen molar-refractivity contribution < 1.29 is 0 Å². The molecule has 0 aliphatic rings. The van der Waals surface area contributed by atoms with Crippen molar-refractivity contribution in [3.63, 3.8) is 0 Å². The molecule has 3 heteroatoms. The van der Waals surface area contributed by atoms with Gasteiger partial charge in [-0.15, -0.1) is 0 Å². The zero-order valence-corrected chi connectivity index (χ0v) is 5.63. The van der Waals surface area contributed by atoms with Gasteiger partial charge in [0.1, 0.15) is 0 Å². The van der Waals surface area contributed by atoms with E-state index in [1.54, 1.807) is 0 Å². The molecule has 0 aliphatic heterocycles. The maximum absolute atomic E-state index is 4.83. The smallest absolute Gasteiger partial charge is 0.0724 e. The lowest BCUT2D eigenvalue weighted by atomic mass is 10.1. The van der Waals surface area contributed by atoms with Gasteiger partial charge >= 0.3 is 0 Å². The first kappa shape index (κ1) is 7.40. The highest BCUT2D eigenvalue weighted by Crippen LogP contribution is 2.03. The lowest BCUT2D eigenvalue weighted by Gasteiger charge is -2.05. The number of rotatable bonds is 2. The fourth-order valence-corrected chi connectivity index (χ4v) is 0.238. The second-order valence-corrected chi connectivity index (χ2v) is 2.22. The average molecular weight is 115 g/mol. The van der Waals surface area contributed by atoms with Crippen molar-refractivity contribution in [2.24, 2.45) is 22.1 Å². The van der Waals surface area contributed by atoms with Gasteiger partial charge in [-0.1, -0.05) is 19.1 Å². The van der Waals surface area contributed by atoms with Gasteiger partial charge in [0.25, 0.3) is 0 Å². The topological polar surface area (TPSA) is 50.7 Å². The molecule has 0 aromatic carbocycles. The van der Waals surface area contributed by atoms with Crippen molar-refractivity contribution in [2.45, 2.75) is 26.8 Å². The van der Waals surface area contributed by atoms with Crippen LogP contribution in [0.3, 0.4) is 0 Å². The molecule has 0 rings (SSSR count). The van der Waals surface area contributed by atoms with Crippen LogP contribution in [0, 0.1) is 5.92 Å². The van der Waals surface area contributed by atoms with Crippen molar-refractivity contribution in [1.29, 1.82) is 0 Å². The Bertz CT molecular complexity index is 77.7. The van der Waals surface area contributed by atoms with E-state index in [4.69, 9.17) is 5.84 Å². The van der Waals surface area contributed by atoms with E-state index in [1.165, 1.54) is 0 Å². The molecule has 0 saturated heterocycles. The van der Waals surface area contributed by atoms with Gasteiger partial charge in [-0.25, -0.2) is 0 Å². The molecule has 3 nitrogen and oxygen atoms in total. The fourth-order valence-electron chi connectivity index (χ4n) is 0.238. The van der Waals surface area contributed by atoms with Crippen LogP contribution in [0.2, 0.25) is 0 Å². The first-order valence-corrected chi connectivity index (χ1v) is 2.78. The molecule has 0 aliphatic carbocycles. The van der Waals surface area contributed by atoms with Crippen LogP contribution in [0.4, 0.5) is 0 Å². The Morgan fingerprint density at radius 3 is 1.88 bits per heavy atom. The summed E-state index contributed by atoms with van der Waals surface area (Å²) in [5.41, 5.74) is 0. The minimum Gasteiger partial charge on any atom is -0.305 e. The monoisotopic (exact) mass is 115 g/mol. The van der Waals surface area contributed by atoms with E-state index < -0.39 is 0 Å². The summed E-state index contributed by atoms with van der Waals surface area (Å²) in [5.74, 6) is 5.36. The highest BCUT2D eigenvalue weighted by Gasteiger charge is 2.02. The molecule has 0 heterocycles. The SMILES string of the molecule is CC(C)C(C)N=NN. The highest BCUT2D eigenvalue weighted by atomic mass is 15.3. The summed E-state index contributed by atoms with van der Waals surface area (Å²) in [5, 5.41) is 6.91. The van der Waals surface area contributed by atoms with Crippen LogP contribution in [0.5, 0.6) is 0 Å². The third-order valence-electron chi connectivity index (χ3n) is 1.21. The van der Waals surface area contributed by atoms with E-state index in [2.05, 4.69) is 24.2 Å². The van der Waals surface area contributed by atoms with Gasteiger partial charge in [0.05, 0.1) is 6.04 Å². The molecule has 0 aromatic heterocycles. The molecule has 1 atom stereocenters. The van der Waals surface area contributed by atoms with Gasteiger partial charge in [-0.2, -0.15) is 5.11 Å². The molecule has 0 radical (unpaired) electrons. The minimum atomic E-state index is 0.250. The van der Waals surface area contributed by atoms with Gasteiger partial charge in [-0.3, -0.25) is 0 Å². The molecule has 0 fully saturated rings. The van der Waals surface area contributed by atoms with Gasteiger partial charge in [-0.05, 0) is 12.8 Å². The Hall–Kier alpha value is -0.600. The number of nitrogens with zero attached hydrogens (tertiary/aromatic N) is 2. The normalized spacial score (nSPS) is 15.5. The molecule has 0 aromatic rings. The van der Waals surface area contributed by atoms with E-state index in [-0.39, 0.29) is 6.04 Å². The Kier molecular flexibility index (Phi) is 3.15. The number of hydrogen-bond donors (Lipinski definition) is 1. The molecule has 1 unspecified atom stereocenters. The van der Waals surface area contributed by atoms with Crippen molar-refractivity contribution in [3.8, 4) is 0 Å². The second-order valence-electron chi connectivity index (χ2n) is 2.22. The van der Waals surface area contributed by atoms with Crippen molar-refractivity contribution >= 4 is 0 Å². The Balaban J connectivity index is 3.47. The number of hydrogen-bond acceptors (Lipinski definition) is 2. The molecule has 0 spiro atoms. The lowest BCUT2D eigenvalue weighted by molar-refractivity contribution is 0.507. The van der Waals surface area contributed by atoms with E-state index in [1.807, 2.05) is 6.92 Å². The minimum absolute atomic E-state index is 0.250. The van der Waals surface area contributed by atoms with Crippen LogP contribution < -0.4 is 5.84 Å². The van der Waals surface area contributed by atoms with Crippen molar-refractivity contribution in [1.82, 2.24) is 0 Å². The standard InChI is InChI=1S/C5H13N3/c1-4(2)5(3)7-8-6/h4-5H,1-3H3,(H2,6,7). The summed E-state index contributed by atoms with van der Waals surface area (Å²) in [6.07, 6.45) is 0. The molecule has 0 saturated carbocycles. The predicted molar refractivity (Wildman–Crippen MR) is 33.3 cm³/mol. The average Bonchev–Trinajstić information content (AvgIpc) is 1.67. The summed E-state index contributed by atoms with van der Waals surface area (Å²) in [7, 11) is 0. The summed E-state index contributed by atoms with van der Waals surface area (Å²) in [6.45, 7) is 6.15.